The predicted molar refractivity (Wildman–Crippen MR) is 75.1 cm³/mol. The first-order valence-corrected chi connectivity index (χ1v) is 6.23. The molecule has 0 atom stereocenters. The van der Waals surface area contributed by atoms with E-state index in [2.05, 4.69) is 39.4 Å². The van der Waals surface area contributed by atoms with Gasteiger partial charge in [0.2, 0.25) is 0 Å². The molecule has 100 valence electrons. The SMILES string of the molecule is CCCc1cc([N+](C)(C)C)ccc1OC(=O)NC. The van der Waals surface area contributed by atoms with E-state index in [-0.39, 0.29) is 0 Å². The fourth-order valence-corrected chi connectivity index (χ4v) is 1.70. The van der Waals surface area contributed by atoms with Crippen LogP contribution in [-0.2, 0) is 6.42 Å². The molecule has 0 unspecified atom stereocenters. The lowest BCUT2D eigenvalue weighted by molar-refractivity contribution is 0.202. The van der Waals surface area contributed by atoms with Crippen molar-refractivity contribution in [2.24, 2.45) is 0 Å². The number of rotatable bonds is 4. The minimum absolute atomic E-state index is 0.426. The lowest BCUT2D eigenvalue weighted by Crippen LogP contribution is -2.34. The van der Waals surface area contributed by atoms with Crippen LogP contribution in [0, 0.1) is 0 Å². The van der Waals surface area contributed by atoms with E-state index in [1.165, 1.54) is 5.69 Å². The van der Waals surface area contributed by atoms with Gasteiger partial charge in [-0.3, -0.25) is 4.48 Å². The molecule has 0 aromatic heterocycles. The topological polar surface area (TPSA) is 38.3 Å². The molecule has 18 heavy (non-hydrogen) atoms. The van der Waals surface area contributed by atoms with Crippen molar-refractivity contribution in [1.29, 1.82) is 0 Å². The van der Waals surface area contributed by atoms with Crippen LogP contribution in [0.2, 0.25) is 0 Å². The summed E-state index contributed by atoms with van der Waals surface area (Å²) in [6.07, 6.45) is 1.50. The number of hydrogen-bond acceptors (Lipinski definition) is 2. The van der Waals surface area contributed by atoms with E-state index in [0.29, 0.717) is 5.75 Å². The first-order valence-electron chi connectivity index (χ1n) is 6.23. The Morgan fingerprint density at radius 3 is 2.50 bits per heavy atom. The summed E-state index contributed by atoms with van der Waals surface area (Å²) in [6.45, 7) is 2.11. The maximum Gasteiger partial charge on any atom is 0.412 e. The number of hydrogen-bond donors (Lipinski definition) is 1. The third-order valence-electron chi connectivity index (χ3n) is 2.74. The molecule has 1 aromatic carbocycles. The molecule has 1 amide bonds. The van der Waals surface area contributed by atoms with Gasteiger partial charge in [-0.15, -0.1) is 0 Å². The largest absolute Gasteiger partial charge is 0.412 e. The van der Waals surface area contributed by atoms with Crippen molar-refractivity contribution in [2.45, 2.75) is 19.8 Å². The van der Waals surface area contributed by atoms with Gasteiger partial charge >= 0.3 is 6.09 Å². The summed E-state index contributed by atoms with van der Waals surface area (Å²) < 4.78 is 6.00. The van der Waals surface area contributed by atoms with E-state index < -0.39 is 6.09 Å². The van der Waals surface area contributed by atoms with Gasteiger partial charge in [-0.25, -0.2) is 4.79 Å². The van der Waals surface area contributed by atoms with Crippen LogP contribution in [0.3, 0.4) is 0 Å². The third-order valence-corrected chi connectivity index (χ3v) is 2.74. The van der Waals surface area contributed by atoms with Crippen LogP contribution in [0.1, 0.15) is 18.9 Å². The van der Waals surface area contributed by atoms with Crippen LogP contribution in [0.5, 0.6) is 5.75 Å². The van der Waals surface area contributed by atoms with Crippen LogP contribution in [0.25, 0.3) is 0 Å². The Kier molecular flexibility index (Phi) is 4.73. The second-order valence-corrected chi connectivity index (χ2v) is 5.19. The van der Waals surface area contributed by atoms with Gasteiger partial charge in [0, 0.05) is 24.7 Å². The second-order valence-electron chi connectivity index (χ2n) is 5.19. The van der Waals surface area contributed by atoms with Crippen molar-refractivity contribution in [2.75, 3.05) is 28.2 Å². The Hall–Kier alpha value is -1.55. The smallest absolute Gasteiger partial charge is 0.410 e. The molecule has 4 heteroatoms. The van der Waals surface area contributed by atoms with E-state index in [4.69, 9.17) is 4.74 Å². The average Bonchev–Trinajstić information content (AvgIpc) is 2.30. The van der Waals surface area contributed by atoms with Crippen LogP contribution < -0.4 is 14.5 Å². The molecule has 0 heterocycles. The number of carbonyl (C=O) groups excluding carboxylic acids is 1. The molecule has 0 aliphatic carbocycles. The zero-order valence-corrected chi connectivity index (χ0v) is 11.9. The number of ether oxygens (including phenoxy) is 1. The lowest BCUT2D eigenvalue weighted by Gasteiger charge is -2.24. The summed E-state index contributed by atoms with van der Waals surface area (Å²) in [5.74, 6) is 0.647. The minimum atomic E-state index is -0.426. The van der Waals surface area contributed by atoms with E-state index in [1.54, 1.807) is 7.05 Å². The number of amides is 1. The number of carbonyl (C=O) groups is 1. The van der Waals surface area contributed by atoms with Gasteiger partial charge in [0.1, 0.15) is 11.4 Å². The first-order chi connectivity index (χ1) is 8.38. The van der Waals surface area contributed by atoms with Gasteiger partial charge in [0.05, 0.1) is 21.1 Å². The number of nitrogens with zero attached hydrogens (tertiary/aromatic N) is 1. The van der Waals surface area contributed by atoms with Gasteiger partial charge in [-0.1, -0.05) is 13.3 Å². The number of quaternary nitrogens is 1. The maximum atomic E-state index is 11.3. The van der Waals surface area contributed by atoms with Crippen molar-refractivity contribution < 1.29 is 9.53 Å². The van der Waals surface area contributed by atoms with Crippen molar-refractivity contribution in [3.63, 3.8) is 0 Å². The summed E-state index contributed by atoms with van der Waals surface area (Å²) in [5.41, 5.74) is 2.27. The zero-order chi connectivity index (χ0) is 13.8. The summed E-state index contributed by atoms with van der Waals surface area (Å²) >= 11 is 0. The van der Waals surface area contributed by atoms with Crippen molar-refractivity contribution in [3.8, 4) is 5.75 Å². The monoisotopic (exact) mass is 251 g/mol. The molecular formula is C14H23N2O2+. The molecule has 0 saturated heterocycles. The molecule has 1 N–H and O–H groups in total. The van der Waals surface area contributed by atoms with E-state index in [9.17, 15) is 4.79 Å². The van der Waals surface area contributed by atoms with Crippen LogP contribution in [0.4, 0.5) is 10.5 Å². The highest BCUT2D eigenvalue weighted by Gasteiger charge is 2.16. The Morgan fingerprint density at radius 2 is 2.00 bits per heavy atom. The highest BCUT2D eigenvalue weighted by molar-refractivity contribution is 5.70. The lowest BCUT2D eigenvalue weighted by atomic mass is 10.1. The normalized spacial score (nSPS) is 11.2. The number of aryl methyl sites for hydroxylation is 1. The molecule has 1 rings (SSSR count). The molecule has 0 aliphatic rings. The van der Waals surface area contributed by atoms with E-state index in [1.807, 2.05) is 12.1 Å². The van der Waals surface area contributed by atoms with Gasteiger partial charge in [-0.05, 0) is 12.5 Å². The van der Waals surface area contributed by atoms with Crippen LogP contribution in [-0.4, -0.2) is 34.3 Å². The van der Waals surface area contributed by atoms with E-state index in [0.717, 1.165) is 22.9 Å². The highest BCUT2D eigenvalue weighted by Crippen LogP contribution is 2.27. The van der Waals surface area contributed by atoms with Crippen molar-refractivity contribution in [3.05, 3.63) is 23.8 Å². The Morgan fingerprint density at radius 1 is 1.33 bits per heavy atom. The summed E-state index contributed by atoms with van der Waals surface area (Å²) in [7, 11) is 7.90. The maximum absolute atomic E-state index is 11.3. The summed E-state index contributed by atoms with van der Waals surface area (Å²) in [4.78, 5) is 11.3. The average molecular weight is 251 g/mol. The highest BCUT2D eigenvalue weighted by atomic mass is 16.6. The first kappa shape index (κ1) is 14.5. The van der Waals surface area contributed by atoms with Crippen molar-refractivity contribution in [1.82, 2.24) is 9.80 Å². The van der Waals surface area contributed by atoms with Crippen molar-refractivity contribution >= 4 is 11.8 Å². The summed E-state index contributed by atoms with van der Waals surface area (Å²) in [6, 6.07) is 5.98. The Balaban J connectivity index is 3.08. The molecule has 0 radical (unpaired) electrons. The fraction of sp³-hybridized carbons (Fsp3) is 0.500. The third kappa shape index (κ3) is 3.74. The van der Waals surface area contributed by atoms with Crippen LogP contribution in [0.15, 0.2) is 18.2 Å². The Bertz CT molecular complexity index is 422. The molecular weight excluding hydrogens is 228 g/mol. The molecule has 0 saturated carbocycles. The summed E-state index contributed by atoms with van der Waals surface area (Å²) in [5, 5.41) is 2.46. The number of nitrogens with one attached hydrogen (secondary N) is 1. The molecule has 4 nitrogen and oxygen atoms in total. The standard InChI is InChI=1S/C14H22N2O2/c1-6-7-11-10-12(16(3,4)5)8-9-13(11)18-14(17)15-2/h8-10H,6-7H2,1-5H3/p+1. The van der Waals surface area contributed by atoms with E-state index >= 15 is 0 Å². The Labute approximate surface area is 109 Å². The molecule has 0 aliphatic heterocycles. The van der Waals surface area contributed by atoms with Gasteiger partial charge in [0.15, 0.2) is 0 Å². The fourth-order valence-electron chi connectivity index (χ4n) is 1.70. The quantitative estimate of drug-likeness (QED) is 0.835. The second kappa shape index (κ2) is 5.87. The zero-order valence-electron chi connectivity index (χ0n) is 11.9. The van der Waals surface area contributed by atoms with Gasteiger partial charge < -0.3 is 10.1 Å². The minimum Gasteiger partial charge on any atom is -0.410 e. The van der Waals surface area contributed by atoms with Crippen LogP contribution >= 0.6 is 0 Å². The van der Waals surface area contributed by atoms with Gasteiger partial charge in [0.25, 0.3) is 0 Å². The predicted octanol–water partition coefficient (Wildman–Crippen LogP) is 2.55. The molecule has 0 spiro atoms. The number of benzene rings is 1. The molecule has 1 aromatic rings. The molecule has 0 fully saturated rings. The molecule has 0 bridgehead atoms. The van der Waals surface area contributed by atoms with Gasteiger partial charge in [-0.2, -0.15) is 0 Å².